The average molecular weight is 364 g/mol. The van der Waals surface area contributed by atoms with E-state index in [0.29, 0.717) is 0 Å². The lowest BCUT2D eigenvalue weighted by Crippen LogP contribution is -2.42. The van der Waals surface area contributed by atoms with E-state index in [1.54, 1.807) is 6.92 Å². The Morgan fingerprint density at radius 1 is 1.24 bits per heavy atom. The van der Waals surface area contributed by atoms with Gasteiger partial charge >= 0.3 is 0 Å². The molecule has 0 aliphatic rings. The van der Waals surface area contributed by atoms with Crippen LogP contribution in [-0.4, -0.2) is 20.8 Å². The first-order valence-electron chi connectivity index (χ1n) is 9.18. The molecule has 0 aliphatic heterocycles. The van der Waals surface area contributed by atoms with Crippen molar-refractivity contribution < 1.29 is 9.00 Å². The lowest BCUT2D eigenvalue weighted by Gasteiger charge is -2.25. The zero-order valence-corrected chi connectivity index (χ0v) is 17.1. The molecule has 1 aromatic rings. The summed E-state index contributed by atoms with van der Waals surface area (Å²) in [5, 5.41) is 0. The van der Waals surface area contributed by atoms with E-state index in [9.17, 15) is 9.00 Å². The third-order valence-corrected chi connectivity index (χ3v) is 5.68. The average Bonchev–Trinajstić information content (AvgIpc) is 2.55. The maximum Gasteiger partial charge on any atom is 0.157 e. The van der Waals surface area contributed by atoms with Gasteiger partial charge in [0.25, 0.3) is 0 Å². The fourth-order valence-corrected chi connectivity index (χ4v) is 3.39. The van der Waals surface area contributed by atoms with Crippen molar-refractivity contribution in [3.8, 4) is 0 Å². The van der Waals surface area contributed by atoms with Gasteiger partial charge in [0, 0.05) is 11.6 Å². The predicted octanol–water partition coefficient (Wildman–Crippen LogP) is 4.75. The molecule has 0 saturated heterocycles. The summed E-state index contributed by atoms with van der Waals surface area (Å²) in [4.78, 5) is 12.2. The van der Waals surface area contributed by atoms with Crippen LogP contribution in [0.15, 0.2) is 42.0 Å². The molecular formula is C21H33NO2S. The minimum atomic E-state index is -1.21. The minimum absolute atomic E-state index is 0.0626. The summed E-state index contributed by atoms with van der Waals surface area (Å²) < 4.78 is 15.5. The SMILES string of the molecule is CCCC/C=C(\C(C)=O)[C@H](CCc1ccccc1)NS(=O)C(C)(C)C. The standard InChI is InChI=1S/C21H33NO2S/c1-6-7-9-14-19(17(2)23)20(22-25(24)21(3,4)5)16-15-18-12-10-8-11-13-18/h8,10-14,20,22H,6-7,9,15-16H2,1-5H3/b19-14+/t20-,25?/m0/s1. The van der Waals surface area contributed by atoms with Crippen LogP contribution in [0.5, 0.6) is 0 Å². The van der Waals surface area contributed by atoms with Crippen LogP contribution in [0.3, 0.4) is 0 Å². The highest BCUT2D eigenvalue weighted by molar-refractivity contribution is 7.84. The number of benzene rings is 1. The van der Waals surface area contributed by atoms with Gasteiger partial charge in [0.05, 0.1) is 15.7 Å². The van der Waals surface area contributed by atoms with Gasteiger partial charge in [0.1, 0.15) is 0 Å². The van der Waals surface area contributed by atoms with Gasteiger partial charge in [-0.2, -0.15) is 0 Å². The molecule has 2 atom stereocenters. The second kappa shape index (κ2) is 10.7. The lowest BCUT2D eigenvalue weighted by molar-refractivity contribution is -0.113. The molecule has 0 heterocycles. The molecule has 0 bridgehead atoms. The second-order valence-corrected chi connectivity index (χ2v) is 9.43. The van der Waals surface area contributed by atoms with Crippen LogP contribution in [0, 0.1) is 0 Å². The van der Waals surface area contributed by atoms with Crippen molar-refractivity contribution in [2.24, 2.45) is 0 Å². The van der Waals surface area contributed by atoms with Crippen LogP contribution in [-0.2, 0) is 22.2 Å². The molecule has 3 nitrogen and oxygen atoms in total. The van der Waals surface area contributed by atoms with Crippen molar-refractivity contribution in [1.82, 2.24) is 4.72 Å². The number of ketones is 1. The summed E-state index contributed by atoms with van der Waals surface area (Å²) in [6.07, 6.45) is 6.68. The molecule has 0 amide bonds. The number of aryl methyl sites for hydroxylation is 1. The maximum atomic E-state index is 12.6. The van der Waals surface area contributed by atoms with Gasteiger partial charge in [-0.25, -0.2) is 8.93 Å². The first-order chi connectivity index (χ1) is 11.8. The van der Waals surface area contributed by atoms with Gasteiger partial charge in [-0.05, 0) is 52.5 Å². The van der Waals surface area contributed by atoms with E-state index in [2.05, 4.69) is 23.8 Å². The van der Waals surface area contributed by atoms with E-state index >= 15 is 0 Å². The molecule has 1 aromatic carbocycles. The molecule has 140 valence electrons. The molecule has 0 spiro atoms. The number of carbonyl (C=O) groups is 1. The van der Waals surface area contributed by atoms with E-state index in [1.165, 1.54) is 5.56 Å². The number of Topliss-reactive ketones (excluding diaryl/α,β-unsaturated/α-hetero) is 1. The number of unbranched alkanes of at least 4 members (excludes halogenated alkanes) is 2. The quantitative estimate of drug-likeness (QED) is 0.482. The van der Waals surface area contributed by atoms with Gasteiger partial charge in [-0.1, -0.05) is 56.2 Å². The number of hydrogen-bond donors (Lipinski definition) is 1. The summed E-state index contributed by atoms with van der Waals surface area (Å²) >= 11 is 0. The van der Waals surface area contributed by atoms with E-state index in [1.807, 2.05) is 45.0 Å². The van der Waals surface area contributed by atoms with Crippen molar-refractivity contribution in [3.05, 3.63) is 47.5 Å². The van der Waals surface area contributed by atoms with Crippen LogP contribution in [0.25, 0.3) is 0 Å². The van der Waals surface area contributed by atoms with Crippen molar-refractivity contribution in [1.29, 1.82) is 0 Å². The third kappa shape index (κ3) is 8.10. The molecule has 0 aliphatic carbocycles. The first kappa shape index (κ1) is 21.8. The molecule has 0 aromatic heterocycles. The highest BCUT2D eigenvalue weighted by atomic mass is 32.2. The summed E-state index contributed by atoms with van der Waals surface area (Å²) in [5.74, 6) is 0.0626. The molecule has 4 heteroatoms. The van der Waals surface area contributed by atoms with E-state index < -0.39 is 11.0 Å². The number of nitrogens with one attached hydrogen (secondary N) is 1. The van der Waals surface area contributed by atoms with Crippen LogP contribution >= 0.6 is 0 Å². The van der Waals surface area contributed by atoms with Crippen LogP contribution < -0.4 is 4.72 Å². The van der Waals surface area contributed by atoms with Crippen LogP contribution in [0.2, 0.25) is 0 Å². The fourth-order valence-electron chi connectivity index (χ4n) is 2.53. The maximum absolute atomic E-state index is 12.6. The van der Waals surface area contributed by atoms with E-state index in [-0.39, 0.29) is 16.6 Å². The van der Waals surface area contributed by atoms with Gasteiger partial charge in [0.15, 0.2) is 5.78 Å². The Kier molecular flexibility index (Phi) is 9.30. The summed E-state index contributed by atoms with van der Waals surface area (Å²) in [6, 6.07) is 10.0. The van der Waals surface area contributed by atoms with Crippen LogP contribution in [0.1, 0.15) is 65.9 Å². The van der Waals surface area contributed by atoms with E-state index in [0.717, 1.165) is 37.7 Å². The summed E-state index contributed by atoms with van der Waals surface area (Å²) in [5.41, 5.74) is 1.99. The number of rotatable bonds is 10. The molecule has 1 N–H and O–H groups in total. The Morgan fingerprint density at radius 2 is 1.88 bits per heavy atom. The zero-order chi connectivity index (χ0) is 18.9. The monoisotopic (exact) mass is 363 g/mol. The van der Waals surface area contributed by atoms with Gasteiger partial charge < -0.3 is 0 Å². The summed E-state index contributed by atoms with van der Waals surface area (Å²) in [6.45, 7) is 9.58. The number of hydrogen-bond acceptors (Lipinski definition) is 2. The molecule has 1 rings (SSSR count). The minimum Gasteiger partial charge on any atom is -0.295 e. The normalized spacial score (nSPS) is 15.0. The van der Waals surface area contributed by atoms with Gasteiger partial charge in [0.2, 0.25) is 0 Å². The highest BCUT2D eigenvalue weighted by Gasteiger charge is 2.26. The van der Waals surface area contributed by atoms with Crippen molar-refractivity contribution >= 4 is 16.8 Å². The van der Waals surface area contributed by atoms with Crippen molar-refractivity contribution in [2.45, 2.75) is 77.5 Å². The van der Waals surface area contributed by atoms with Crippen molar-refractivity contribution in [2.75, 3.05) is 0 Å². The Hall–Kier alpha value is -1.26. The molecule has 0 fully saturated rings. The predicted molar refractivity (Wildman–Crippen MR) is 108 cm³/mol. The Morgan fingerprint density at radius 3 is 2.40 bits per heavy atom. The number of carbonyl (C=O) groups excluding carboxylic acids is 1. The third-order valence-electron chi connectivity index (χ3n) is 4.07. The molecule has 0 saturated carbocycles. The molecule has 25 heavy (non-hydrogen) atoms. The summed E-state index contributed by atoms with van der Waals surface area (Å²) in [7, 11) is -1.21. The molecular weight excluding hydrogens is 330 g/mol. The van der Waals surface area contributed by atoms with Gasteiger partial charge in [-0.15, -0.1) is 0 Å². The van der Waals surface area contributed by atoms with Gasteiger partial charge in [-0.3, -0.25) is 4.79 Å². The Bertz CT molecular complexity index is 588. The largest absolute Gasteiger partial charge is 0.295 e. The number of allylic oxidation sites excluding steroid dienone is 1. The lowest BCUT2D eigenvalue weighted by atomic mass is 9.96. The smallest absolute Gasteiger partial charge is 0.157 e. The highest BCUT2D eigenvalue weighted by Crippen LogP contribution is 2.18. The zero-order valence-electron chi connectivity index (χ0n) is 16.3. The topological polar surface area (TPSA) is 46.2 Å². The molecule has 1 unspecified atom stereocenters. The first-order valence-corrected chi connectivity index (χ1v) is 10.3. The Labute approximate surface area is 155 Å². The van der Waals surface area contributed by atoms with E-state index in [4.69, 9.17) is 0 Å². The van der Waals surface area contributed by atoms with Crippen LogP contribution in [0.4, 0.5) is 0 Å². The fraction of sp³-hybridized carbons (Fsp3) is 0.571. The Balaban J connectivity index is 2.96. The second-order valence-electron chi connectivity index (χ2n) is 7.43. The molecule has 0 radical (unpaired) electrons. The van der Waals surface area contributed by atoms with Crippen molar-refractivity contribution in [3.63, 3.8) is 0 Å².